The van der Waals surface area contributed by atoms with Gasteiger partial charge in [0, 0.05) is 50.6 Å². The summed E-state index contributed by atoms with van der Waals surface area (Å²) in [6.45, 7) is 3.81. The van der Waals surface area contributed by atoms with E-state index in [1.54, 1.807) is 13.4 Å². The Kier molecular flexibility index (Phi) is 5.96. The third kappa shape index (κ3) is 4.28. The second-order valence-electron chi connectivity index (χ2n) is 8.25. The summed E-state index contributed by atoms with van der Waals surface area (Å²) in [5.74, 6) is 0.949. The number of aliphatic imine (C=N–C) groups is 1. The monoisotopic (exact) mass is 432 g/mol. The molecule has 1 saturated heterocycles. The van der Waals surface area contributed by atoms with Gasteiger partial charge in [-0.3, -0.25) is 9.67 Å². The Hall–Kier alpha value is -3.10. The molecule has 0 saturated carbocycles. The van der Waals surface area contributed by atoms with Crippen molar-refractivity contribution in [3.63, 3.8) is 0 Å². The van der Waals surface area contributed by atoms with Crippen LogP contribution in [0.1, 0.15) is 29.7 Å². The van der Waals surface area contributed by atoms with E-state index in [1.165, 1.54) is 5.56 Å². The van der Waals surface area contributed by atoms with Gasteiger partial charge in [-0.1, -0.05) is 12.1 Å². The van der Waals surface area contributed by atoms with Gasteiger partial charge in [0.25, 0.3) is 0 Å². The van der Waals surface area contributed by atoms with Crippen molar-refractivity contribution in [3.8, 4) is 11.1 Å². The average Bonchev–Trinajstić information content (AvgIpc) is 3.45. The third-order valence-corrected chi connectivity index (χ3v) is 6.11. The van der Waals surface area contributed by atoms with Crippen LogP contribution in [0.15, 0.2) is 48.0 Å². The van der Waals surface area contributed by atoms with Gasteiger partial charge < -0.3 is 14.4 Å². The van der Waals surface area contributed by atoms with Crippen molar-refractivity contribution in [1.29, 1.82) is 0 Å². The SMILES string of the molecule is COCCOC1CCN(c2cc(C3=NCc4ccc(-c5cnn(C)c5)cc43)ncn2)CC1. The van der Waals surface area contributed by atoms with E-state index < -0.39 is 0 Å². The van der Waals surface area contributed by atoms with E-state index in [9.17, 15) is 0 Å². The summed E-state index contributed by atoms with van der Waals surface area (Å²) in [4.78, 5) is 16.2. The van der Waals surface area contributed by atoms with Gasteiger partial charge in [0.15, 0.2) is 0 Å². The zero-order valence-electron chi connectivity index (χ0n) is 18.6. The molecule has 0 amide bonds. The number of ether oxygens (including phenoxy) is 2. The maximum atomic E-state index is 5.89. The number of aromatic nitrogens is 4. The first-order valence-electron chi connectivity index (χ1n) is 11.1. The molecule has 166 valence electrons. The predicted octanol–water partition coefficient (Wildman–Crippen LogP) is 2.86. The molecule has 1 fully saturated rings. The molecule has 0 unspecified atom stereocenters. The molecule has 0 radical (unpaired) electrons. The predicted molar refractivity (Wildman–Crippen MR) is 123 cm³/mol. The molecule has 8 heteroatoms. The molecule has 5 rings (SSSR count). The van der Waals surface area contributed by atoms with Crippen LogP contribution in [-0.2, 0) is 23.1 Å². The molecule has 0 atom stereocenters. The molecular weight excluding hydrogens is 404 g/mol. The molecule has 3 aromatic rings. The Labute approximate surface area is 187 Å². The Morgan fingerprint density at radius 3 is 2.72 bits per heavy atom. The number of anilines is 1. The minimum Gasteiger partial charge on any atom is -0.382 e. The first kappa shape index (κ1) is 20.8. The molecule has 0 N–H and O–H groups in total. The van der Waals surface area contributed by atoms with Gasteiger partial charge in [-0.15, -0.1) is 0 Å². The largest absolute Gasteiger partial charge is 0.382 e. The highest BCUT2D eigenvalue weighted by atomic mass is 16.5. The van der Waals surface area contributed by atoms with Crippen LogP contribution >= 0.6 is 0 Å². The Bertz CT molecular complexity index is 1120. The fraction of sp³-hybridized carbons (Fsp3) is 0.417. The molecule has 1 aromatic carbocycles. The number of fused-ring (bicyclic) bond motifs is 1. The summed E-state index contributed by atoms with van der Waals surface area (Å²) in [5.41, 5.74) is 6.41. The molecule has 2 aliphatic rings. The van der Waals surface area contributed by atoms with Crippen LogP contribution < -0.4 is 4.90 Å². The van der Waals surface area contributed by atoms with Crippen molar-refractivity contribution < 1.29 is 9.47 Å². The molecule has 2 aromatic heterocycles. The number of rotatable bonds is 7. The summed E-state index contributed by atoms with van der Waals surface area (Å²) in [6.07, 6.45) is 7.83. The van der Waals surface area contributed by atoms with Gasteiger partial charge in [0.1, 0.15) is 12.1 Å². The summed E-state index contributed by atoms with van der Waals surface area (Å²) in [7, 11) is 3.63. The summed E-state index contributed by atoms with van der Waals surface area (Å²) in [5, 5.41) is 4.30. The summed E-state index contributed by atoms with van der Waals surface area (Å²) in [6, 6.07) is 8.56. The van der Waals surface area contributed by atoms with Gasteiger partial charge >= 0.3 is 0 Å². The lowest BCUT2D eigenvalue weighted by Crippen LogP contribution is -2.38. The molecule has 32 heavy (non-hydrogen) atoms. The van der Waals surface area contributed by atoms with E-state index >= 15 is 0 Å². The molecule has 0 bridgehead atoms. The van der Waals surface area contributed by atoms with Crippen LogP contribution in [0, 0.1) is 0 Å². The van der Waals surface area contributed by atoms with Gasteiger partial charge in [-0.25, -0.2) is 9.97 Å². The molecular formula is C24H28N6O2. The standard InChI is InChI=1S/C24H28N6O2/c1-29-15-19(14-28-29)17-3-4-18-13-25-24(21(18)11-17)22-12-23(27-16-26-22)30-7-5-20(6-8-30)32-10-9-31-2/h3-4,11-12,14-16,20H,5-10,13H2,1-2H3. The molecule has 4 heterocycles. The van der Waals surface area contributed by atoms with E-state index in [1.807, 2.05) is 24.1 Å². The van der Waals surface area contributed by atoms with E-state index in [4.69, 9.17) is 14.5 Å². The fourth-order valence-corrected chi connectivity index (χ4v) is 4.35. The van der Waals surface area contributed by atoms with Crippen LogP contribution in [-0.4, -0.2) is 65.0 Å². The van der Waals surface area contributed by atoms with Crippen LogP contribution in [0.5, 0.6) is 0 Å². The van der Waals surface area contributed by atoms with Crippen LogP contribution in [0.3, 0.4) is 0 Å². The molecule has 2 aliphatic heterocycles. The number of piperidine rings is 1. The van der Waals surface area contributed by atoms with Gasteiger partial charge in [-0.05, 0) is 30.0 Å². The lowest BCUT2D eigenvalue weighted by Gasteiger charge is -2.32. The zero-order chi connectivity index (χ0) is 21.9. The maximum Gasteiger partial charge on any atom is 0.132 e. The number of hydrogen-bond donors (Lipinski definition) is 0. The first-order chi connectivity index (χ1) is 15.7. The minimum absolute atomic E-state index is 0.291. The zero-order valence-corrected chi connectivity index (χ0v) is 18.6. The highest BCUT2D eigenvalue weighted by Crippen LogP contribution is 2.29. The van der Waals surface area contributed by atoms with Crippen molar-refractivity contribution in [2.45, 2.75) is 25.5 Å². The van der Waals surface area contributed by atoms with Crippen molar-refractivity contribution in [2.75, 3.05) is 38.3 Å². The van der Waals surface area contributed by atoms with Crippen LogP contribution in [0.4, 0.5) is 5.82 Å². The molecule has 0 spiro atoms. The molecule has 8 nitrogen and oxygen atoms in total. The number of aryl methyl sites for hydroxylation is 1. The van der Waals surface area contributed by atoms with Gasteiger partial charge in [-0.2, -0.15) is 5.10 Å². The number of nitrogens with zero attached hydrogens (tertiary/aromatic N) is 6. The minimum atomic E-state index is 0.291. The topological polar surface area (TPSA) is 77.7 Å². The summed E-state index contributed by atoms with van der Waals surface area (Å²) >= 11 is 0. The maximum absolute atomic E-state index is 5.89. The number of hydrogen-bond acceptors (Lipinski definition) is 7. The lowest BCUT2D eigenvalue weighted by atomic mass is 9.98. The quantitative estimate of drug-likeness (QED) is 0.535. The Balaban J connectivity index is 1.32. The molecule has 0 aliphatic carbocycles. The highest BCUT2D eigenvalue weighted by molar-refractivity contribution is 6.14. The van der Waals surface area contributed by atoms with Crippen molar-refractivity contribution in [3.05, 3.63) is 59.8 Å². The summed E-state index contributed by atoms with van der Waals surface area (Å²) < 4.78 is 12.8. The number of benzene rings is 1. The van der Waals surface area contributed by atoms with Crippen LogP contribution in [0.25, 0.3) is 11.1 Å². The van der Waals surface area contributed by atoms with Gasteiger partial charge in [0.2, 0.25) is 0 Å². The first-order valence-corrected chi connectivity index (χ1v) is 11.1. The second kappa shape index (κ2) is 9.18. The van der Waals surface area contributed by atoms with Crippen LogP contribution in [0.2, 0.25) is 0 Å². The van der Waals surface area contributed by atoms with E-state index in [0.29, 0.717) is 25.9 Å². The Morgan fingerprint density at radius 2 is 1.94 bits per heavy atom. The van der Waals surface area contributed by atoms with E-state index in [0.717, 1.165) is 59.8 Å². The van der Waals surface area contributed by atoms with E-state index in [-0.39, 0.29) is 0 Å². The highest BCUT2D eigenvalue weighted by Gasteiger charge is 2.23. The Morgan fingerprint density at radius 1 is 1.06 bits per heavy atom. The van der Waals surface area contributed by atoms with Crippen molar-refractivity contribution >= 4 is 11.5 Å². The lowest BCUT2D eigenvalue weighted by molar-refractivity contribution is 0.00604. The van der Waals surface area contributed by atoms with Crippen molar-refractivity contribution in [2.24, 2.45) is 12.0 Å². The van der Waals surface area contributed by atoms with E-state index in [2.05, 4.69) is 44.2 Å². The smallest absolute Gasteiger partial charge is 0.132 e. The fourth-order valence-electron chi connectivity index (χ4n) is 4.35. The average molecular weight is 433 g/mol. The second-order valence-corrected chi connectivity index (χ2v) is 8.25. The third-order valence-electron chi connectivity index (χ3n) is 6.11. The normalized spacial score (nSPS) is 16.3. The van der Waals surface area contributed by atoms with Crippen molar-refractivity contribution in [1.82, 2.24) is 19.7 Å². The number of methoxy groups -OCH3 is 1. The van der Waals surface area contributed by atoms with Gasteiger partial charge in [0.05, 0.1) is 43.5 Å².